The van der Waals surface area contributed by atoms with E-state index < -0.39 is 0 Å². The van der Waals surface area contributed by atoms with Gasteiger partial charge < -0.3 is 25.0 Å². The summed E-state index contributed by atoms with van der Waals surface area (Å²) >= 11 is 0. The largest absolute Gasteiger partial charge is 0.472 e. The topological polar surface area (TPSA) is 98.2 Å². The molecule has 1 saturated carbocycles. The fraction of sp³-hybridized carbons (Fsp3) is 0.654. The van der Waals surface area contributed by atoms with E-state index in [4.69, 9.17) is 4.74 Å². The zero-order valence-electron chi connectivity index (χ0n) is 21.6. The summed E-state index contributed by atoms with van der Waals surface area (Å²) in [7, 11) is 5.63. The molecule has 1 aromatic rings. The third kappa shape index (κ3) is 7.09. The van der Waals surface area contributed by atoms with Gasteiger partial charge in [0.25, 0.3) is 5.91 Å². The van der Waals surface area contributed by atoms with E-state index in [0.717, 1.165) is 25.7 Å². The van der Waals surface area contributed by atoms with E-state index in [-0.39, 0.29) is 48.5 Å². The van der Waals surface area contributed by atoms with Crippen LogP contribution in [0.2, 0.25) is 0 Å². The summed E-state index contributed by atoms with van der Waals surface area (Å²) in [6.45, 7) is 4.98. The maximum Gasteiger partial charge on any atom is 0.317 e. The third-order valence-corrected chi connectivity index (χ3v) is 6.63. The highest BCUT2D eigenvalue weighted by molar-refractivity contribution is 5.97. The molecular weight excluding hydrogens is 446 g/mol. The number of ether oxygens (including phenoxy) is 1. The van der Waals surface area contributed by atoms with Crippen LogP contribution in [0.3, 0.4) is 0 Å². The number of fused-ring (bicyclic) bond motifs is 1. The Kier molecular flexibility index (Phi) is 9.35. The van der Waals surface area contributed by atoms with Crippen LogP contribution in [-0.4, -0.2) is 102 Å². The van der Waals surface area contributed by atoms with E-state index in [1.807, 2.05) is 32.8 Å². The number of nitrogens with one attached hydrogen (secondary N) is 1. The first-order valence-corrected chi connectivity index (χ1v) is 12.4. The standard InChI is InChI=1S/C26H39N5O4/c1-18-15-31(19(2)17-32)25(33)22-13-20(9-8-12-29(3)4)14-27-24(22)35-23(18)16-30(5)26(34)28-21-10-6-7-11-21/h13-14,18-19,21,23,32H,6-7,10-12,15-17H2,1-5H3,(H,28,34)/t18-,19+,23-/m1/s1. The molecule has 192 valence electrons. The maximum atomic E-state index is 13.5. The third-order valence-electron chi connectivity index (χ3n) is 6.63. The van der Waals surface area contributed by atoms with Gasteiger partial charge in [-0.05, 0) is 39.9 Å². The number of amides is 3. The highest BCUT2D eigenvalue weighted by atomic mass is 16.5. The molecule has 3 atom stereocenters. The van der Waals surface area contributed by atoms with Gasteiger partial charge in [-0.2, -0.15) is 0 Å². The Balaban J connectivity index is 1.85. The molecule has 1 aliphatic carbocycles. The number of hydrogen-bond acceptors (Lipinski definition) is 6. The highest BCUT2D eigenvalue weighted by Gasteiger charge is 2.35. The van der Waals surface area contributed by atoms with Gasteiger partial charge in [-0.3, -0.25) is 9.69 Å². The number of carbonyl (C=O) groups excluding carboxylic acids is 2. The Hall–Kier alpha value is -2.83. The lowest BCUT2D eigenvalue weighted by molar-refractivity contribution is 0.0351. The van der Waals surface area contributed by atoms with Crippen molar-refractivity contribution in [3.8, 4) is 17.7 Å². The van der Waals surface area contributed by atoms with Gasteiger partial charge >= 0.3 is 6.03 Å². The average molecular weight is 486 g/mol. The van der Waals surface area contributed by atoms with Crippen LogP contribution in [0.4, 0.5) is 4.79 Å². The van der Waals surface area contributed by atoms with Crippen molar-refractivity contribution in [1.29, 1.82) is 0 Å². The van der Waals surface area contributed by atoms with Crippen molar-refractivity contribution in [2.75, 3.05) is 47.4 Å². The smallest absolute Gasteiger partial charge is 0.317 e. The van der Waals surface area contributed by atoms with E-state index in [1.54, 1.807) is 29.1 Å². The molecule has 0 bridgehead atoms. The van der Waals surface area contributed by atoms with Crippen LogP contribution in [0.1, 0.15) is 55.5 Å². The molecule has 9 heteroatoms. The number of rotatable bonds is 6. The number of urea groups is 1. The summed E-state index contributed by atoms with van der Waals surface area (Å²) in [5.41, 5.74) is 0.939. The number of likely N-dealkylation sites (N-methyl/N-ethyl adjacent to an activating group) is 1. The van der Waals surface area contributed by atoms with Gasteiger partial charge in [0.05, 0.1) is 25.7 Å². The number of carbonyl (C=O) groups is 2. The average Bonchev–Trinajstić information content (AvgIpc) is 3.33. The summed E-state index contributed by atoms with van der Waals surface area (Å²) in [4.78, 5) is 35.9. The monoisotopic (exact) mass is 485 g/mol. The lowest BCUT2D eigenvalue weighted by Gasteiger charge is -2.37. The Morgan fingerprint density at radius 2 is 2.06 bits per heavy atom. The normalized spacial score (nSPS) is 21.3. The summed E-state index contributed by atoms with van der Waals surface area (Å²) < 4.78 is 6.27. The first-order valence-electron chi connectivity index (χ1n) is 12.4. The summed E-state index contributed by atoms with van der Waals surface area (Å²) in [6, 6.07) is 1.44. The van der Waals surface area contributed by atoms with Gasteiger partial charge in [-0.15, -0.1) is 0 Å². The molecular formula is C26H39N5O4. The van der Waals surface area contributed by atoms with Crippen LogP contribution in [0.25, 0.3) is 0 Å². The van der Waals surface area contributed by atoms with Gasteiger partial charge in [-0.25, -0.2) is 9.78 Å². The first-order chi connectivity index (χ1) is 16.7. The van der Waals surface area contributed by atoms with Crippen molar-refractivity contribution < 1.29 is 19.4 Å². The lowest BCUT2D eigenvalue weighted by atomic mass is 10.00. The molecule has 1 aliphatic heterocycles. The second-order valence-corrected chi connectivity index (χ2v) is 10.1. The van der Waals surface area contributed by atoms with Crippen molar-refractivity contribution in [3.63, 3.8) is 0 Å². The van der Waals surface area contributed by atoms with Crippen molar-refractivity contribution in [2.45, 2.75) is 57.7 Å². The molecule has 0 aromatic carbocycles. The fourth-order valence-electron chi connectivity index (χ4n) is 4.40. The maximum absolute atomic E-state index is 13.5. The minimum absolute atomic E-state index is 0.0933. The van der Waals surface area contributed by atoms with Crippen molar-refractivity contribution >= 4 is 11.9 Å². The van der Waals surface area contributed by atoms with Crippen LogP contribution in [0, 0.1) is 17.8 Å². The van der Waals surface area contributed by atoms with Crippen molar-refractivity contribution in [3.05, 3.63) is 23.4 Å². The fourth-order valence-corrected chi connectivity index (χ4v) is 4.40. The molecule has 3 amide bonds. The quantitative estimate of drug-likeness (QED) is 0.597. The van der Waals surface area contributed by atoms with Crippen LogP contribution >= 0.6 is 0 Å². The minimum atomic E-state index is -0.382. The SMILES string of the molecule is C[C@@H]1CN([C@@H](C)CO)C(=O)c2cc(C#CCN(C)C)cnc2O[C@@H]1CN(C)C(=O)NC1CCCC1. The molecule has 35 heavy (non-hydrogen) atoms. The zero-order valence-corrected chi connectivity index (χ0v) is 21.6. The number of aliphatic hydroxyl groups is 1. The number of nitrogens with zero attached hydrogens (tertiary/aromatic N) is 4. The Morgan fingerprint density at radius 3 is 2.71 bits per heavy atom. The molecule has 2 aliphatic rings. The number of pyridine rings is 1. The second kappa shape index (κ2) is 12.2. The lowest BCUT2D eigenvalue weighted by Crippen LogP contribution is -2.52. The first kappa shape index (κ1) is 26.8. The van der Waals surface area contributed by atoms with Crippen molar-refractivity contribution in [2.24, 2.45) is 5.92 Å². The Bertz CT molecular complexity index is 951. The van der Waals surface area contributed by atoms with E-state index in [2.05, 4.69) is 22.1 Å². The Labute approximate surface area is 208 Å². The van der Waals surface area contributed by atoms with Gasteiger partial charge in [0.1, 0.15) is 11.7 Å². The molecule has 3 rings (SSSR count). The predicted octanol–water partition coefficient (Wildman–Crippen LogP) is 1.80. The molecule has 1 fully saturated rings. The zero-order chi connectivity index (χ0) is 25.5. The molecule has 9 nitrogen and oxygen atoms in total. The molecule has 0 radical (unpaired) electrons. The van der Waals surface area contributed by atoms with E-state index in [1.165, 1.54) is 0 Å². The molecule has 0 unspecified atom stereocenters. The molecule has 2 heterocycles. The molecule has 0 spiro atoms. The highest BCUT2D eigenvalue weighted by Crippen LogP contribution is 2.27. The Morgan fingerprint density at radius 1 is 1.34 bits per heavy atom. The number of aliphatic hydroxyl groups excluding tert-OH is 1. The van der Waals surface area contributed by atoms with Gasteiger partial charge in [0, 0.05) is 37.3 Å². The predicted molar refractivity (Wildman–Crippen MR) is 134 cm³/mol. The van der Waals surface area contributed by atoms with Crippen LogP contribution in [0.5, 0.6) is 5.88 Å². The summed E-state index contributed by atoms with van der Waals surface area (Å²) in [5.74, 6) is 6.00. The molecule has 1 aromatic heterocycles. The van der Waals surface area contributed by atoms with E-state index in [9.17, 15) is 14.7 Å². The second-order valence-electron chi connectivity index (χ2n) is 10.1. The van der Waals surface area contributed by atoms with Crippen LogP contribution in [-0.2, 0) is 0 Å². The summed E-state index contributed by atoms with van der Waals surface area (Å²) in [5, 5.41) is 12.9. The molecule has 0 saturated heterocycles. The van der Waals surface area contributed by atoms with Gasteiger partial charge in [0.15, 0.2) is 0 Å². The van der Waals surface area contributed by atoms with E-state index >= 15 is 0 Å². The van der Waals surface area contributed by atoms with E-state index in [0.29, 0.717) is 30.8 Å². The van der Waals surface area contributed by atoms with Crippen LogP contribution < -0.4 is 10.1 Å². The molecule has 2 N–H and O–H groups in total. The van der Waals surface area contributed by atoms with Gasteiger partial charge in [-0.1, -0.05) is 31.6 Å². The number of hydrogen-bond donors (Lipinski definition) is 2. The number of aromatic nitrogens is 1. The van der Waals surface area contributed by atoms with Gasteiger partial charge in [0.2, 0.25) is 5.88 Å². The van der Waals surface area contributed by atoms with Crippen LogP contribution in [0.15, 0.2) is 12.3 Å². The van der Waals surface area contributed by atoms with Crippen molar-refractivity contribution in [1.82, 2.24) is 25.0 Å². The minimum Gasteiger partial charge on any atom is -0.472 e. The summed E-state index contributed by atoms with van der Waals surface area (Å²) in [6.07, 6.45) is 5.55.